The largest absolute Gasteiger partial charge is 0.481 e. The maximum Gasteiger partial charge on any atom is 0.349 e. The van der Waals surface area contributed by atoms with Crippen LogP contribution in [0.3, 0.4) is 0 Å². The van der Waals surface area contributed by atoms with Crippen molar-refractivity contribution in [3.8, 4) is 23.5 Å². The monoisotopic (exact) mass is 415 g/mol. The van der Waals surface area contributed by atoms with Crippen LogP contribution >= 0.6 is 0 Å². The molecule has 0 saturated heterocycles. The van der Waals surface area contributed by atoms with Crippen LogP contribution in [-0.4, -0.2) is 41.4 Å². The quantitative estimate of drug-likeness (QED) is 0.568. The minimum atomic E-state index is -1.92. The molecule has 156 valence electrons. The Morgan fingerprint density at radius 1 is 1.07 bits per heavy atom. The van der Waals surface area contributed by atoms with Gasteiger partial charge in [0, 0.05) is 0 Å². The first-order valence-electron chi connectivity index (χ1n) is 11.2. The molecule has 1 N–H and O–H groups in total. The van der Waals surface area contributed by atoms with Crippen molar-refractivity contribution in [3.05, 3.63) is 72.2 Å². The third kappa shape index (κ3) is 4.60. The number of ether oxygens (including phenoxy) is 4. The van der Waals surface area contributed by atoms with Crippen LogP contribution in [0.4, 0.5) is 0 Å². The average Bonchev–Trinajstić information content (AvgIpc) is 2.87. The SMILES string of the molecule is [2H]c1c([2H])c([2H])c(OC(C)(c2ccccc2)[C@H](Oc2nc(OC)cc(OC)n2)C(=O)O)c([2H])c1[2H]. The molecule has 8 heteroatoms. The van der Waals surface area contributed by atoms with E-state index in [9.17, 15) is 9.90 Å². The number of benzene rings is 2. The third-order valence-electron chi connectivity index (χ3n) is 4.16. The van der Waals surface area contributed by atoms with Crippen molar-refractivity contribution in [2.45, 2.75) is 18.6 Å². The number of methoxy groups -OCH3 is 2. The smallest absolute Gasteiger partial charge is 0.349 e. The van der Waals surface area contributed by atoms with Crippen LogP contribution < -0.4 is 18.9 Å². The van der Waals surface area contributed by atoms with E-state index in [-0.39, 0.29) is 17.3 Å². The van der Waals surface area contributed by atoms with E-state index in [1.807, 2.05) is 0 Å². The fourth-order valence-electron chi connectivity index (χ4n) is 2.68. The molecule has 0 aliphatic carbocycles. The van der Waals surface area contributed by atoms with Crippen LogP contribution in [0.5, 0.6) is 23.5 Å². The Labute approximate surface area is 181 Å². The van der Waals surface area contributed by atoms with E-state index in [2.05, 4.69) is 9.97 Å². The predicted molar refractivity (Wildman–Crippen MR) is 108 cm³/mol. The lowest BCUT2D eigenvalue weighted by Crippen LogP contribution is -2.50. The summed E-state index contributed by atoms with van der Waals surface area (Å²) < 4.78 is 61.8. The van der Waals surface area contributed by atoms with Crippen molar-refractivity contribution in [2.75, 3.05) is 14.2 Å². The highest BCUT2D eigenvalue weighted by Crippen LogP contribution is 2.34. The Balaban J connectivity index is 2.19. The van der Waals surface area contributed by atoms with Gasteiger partial charge in [0.25, 0.3) is 0 Å². The molecule has 0 bridgehead atoms. The number of hydrogen-bond donors (Lipinski definition) is 1. The summed E-state index contributed by atoms with van der Waals surface area (Å²) in [6, 6.07) is 5.87. The van der Waals surface area contributed by atoms with E-state index in [4.69, 9.17) is 25.8 Å². The lowest BCUT2D eigenvalue weighted by atomic mass is 9.89. The topological polar surface area (TPSA) is 100 Å². The molecule has 8 nitrogen and oxygen atoms in total. The molecule has 0 amide bonds. The van der Waals surface area contributed by atoms with E-state index in [1.165, 1.54) is 27.2 Å². The Hall–Kier alpha value is -3.81. The van der Waals surface area contributed by atoms with Gasteiger partial charge in [-0.25, -0.2) is 4.79 Å². The summed E-state index contributed by atoms with van der Waals surface area (Å²) in [5, 5.41) is 10.1. The van der Waals surface area contributed by atoms with Gasteiger partial charge < -0.3 is 24.1 Å². The van der Waals surface area contributed by atoms with Crippen molar-refractivity contribution >= 4 is 5.97 Å². The number of aromatic nitrogens is 2. The number of rotatable bonds is 9. The molecule has 0 fully saturated rings. The highest BCUT2D eigenvalue weighted by atomic mass is 16.6. The second-order valence-corrected chi connectivity index (χ2v) is 6.10. The molecule has 2 atom stereocenters. The number of carboxylic acids is 1. The molecule has 0 spiro atoms. The van der Waals surface area contributed by atoms with E-state index >= 15 is 0 Å². The molecule has 3 rings (SSSR count). The summed E-state index contributed by atoms with van der Waals surface area (Å²) in [6.45, 7) is 1.36. The summed E-state index contributed by atoms with van der Waals surface area (Å²) in [5.41, 5.74) is -1.63. The Kier molecular flexibility index (Phi) is 4.59. The molecular formula is C22H22N2O6. The third-order valence-corrected chi connectivity index (χ3v) is 4.16. The van der Waals surface area contributed by atoms with Crippen molar-refractivity contribution in [1.29, 1.82) is 0 Å². The predicted octanol–water partition coefficient (Wildman–Crippen LogP) is 3.32. The van der Waals surface area contributed by atoms with Crippen molar-refractivity contribution in [1.82, 2.24) is 9.97 Å². The Morgan fingerprint density at radius 3 is 2.20 bits per heavy atom. The van der Waals surface area contributed by atoms with Crippen LogP contribution in [0.2, 0.25) is 0 Å². The van der Waals surface area contributed by atoms with E-state index < -0.39 is 59.6 Å². The molecule has 0 aliphatic heterocycles. The molecule has 1 heterocycles. The van der Waals surface area contributed by atoms with Crippen molar-refractivity contribution < 1.29 is 35.7 Å². The van der Waals surface area contributed by atoms with Gasteiger partial charge in [-0.3, -0.25) is 0 Å². The first-order chi connectivity index (χ1) is 16.5. The zero-order valence-electron chi connectivity index (χ0n) is 21.4. The van der Waals surface area contributed by atoms with E-state index in [1.54, 1.807) is 30.3 Å². The summed E-state index contributed by atoms with van der Waals surface area (Å²) in [6.07, 6.45) is -1.85. The van der Waals surface area contributed by atoms with Gasteiger partial charge in [0.2, 0.25) is 17.9 Å². The van der Waals surface area contributed by atoms with Gasteiger partial charge in [0.05, 0.1) is 27.1 Å². The zero-order valence-corrected chi connectivity index (χ0v) is 16.4. The highest BCUT2D eigenvalue weighted by Gasteiger charge is 2.46. The fraction of sp³-hybridized carbons (Fsp3) is 0.227. The standard InChI is InChI=1S/C22H22N2O6/c1-22(15-10-6-4-7-11-15,30-16-12-8-5-9-13-16)19(20(25)26)29-21-23-17(27-2)14-18(24-21)28-3/h4-14,19H,1-3H3,(H,25,26)/t19-,22?/m1/s1/i5D,8D,9D,12D,13D. The Bertz CT molecular complexity index is 1200. The second kappa shape index (κ2) is 9.13. The highest BCUT2D eigenvalue weighted by molar-refractivity contribution is 5.75. The summed E-state index contributed by atoms with van der Waals surface area (Å²) in [7, 11) is 2.69. The minimum absolute atomic E-state index is 0.0453. The first-order valence-corrected chi connectivity index (χ1v) is 8.71. The van der Waals surface area contributed by atoms with Gasteiger partial charge in [0.1, 0.15) is 5.75 Å². The van der Waals surface area contributed by atoms with E-state index in [0.29, 0.717) is 0 Å². The van der Waals surface area contributed by atoms with Crippen LogP contribution in [0, 0.1) is 0 Å². The van der Waals surface area contributed by atoms with E-state index in [0.717, 1.165) is 0 Å². The summed E-state index contributed by atoms with van der Waals surface area (Å²) >= 11 is 0. The number of nitrogens with zero attached hydrogens (tertiary/aromatic N) is 2. The second-order valence-electron chi connectivity index (χ2n) is 6.10. The molecule has 1 aromatic heterocycles. The number of hydrogen-bond acceptors (Lipinski definition) is 7. The van der Waals surface area contributed by atoms with Gasteiger partial charge in [-0.2, -0.15) is 9.97 Å². The maximum absolute atomic E-state index is 12.5. The molecule has 3 aromatic rings. The molecule has 0 saturated carbocycles. The molecule has 0 radical (unpaired) electrons. The van der Waals surface area contributed by atoms with Gasteiger partial charge >= 0.3 is 12.0 Å². The molecule has 1 unspecified atom stereocenters. The number of aliphatic carboxylic acids is 1. The summed E-state index contributed by atoms with van der Waals surface area (Å²) in [4.78, 5) is 20.5. The Morgan fingerprint density at radius 2 is 1.67 bits per heavy atom. The van der Waals surface area contributed by atoms with Gasteiger partial charge in [-0.15, -0.1) is 0 Å². The molecule has 30 heavy (non-hydrogen) atoms. The van der Waals surface area contributed by atoms with Gasteiger partial charge in [0.15, 0.2) is 5.60 Å². The molecule has 0 aliphatic rings. The minimum Gasteiger partial charge on any atom is -0.481 e. The summed E-state index contributed by atoms with van der Waals surface area (Å²) in [5.74, 6) is -1.94. The normalized spacial score (nSPS) is 15.9. The van der Waals surface area contributed by atoms with Crippen LogP contribution in [0.1, 0.15) is 19.3 Å². The number of para-hydroxylation sites is 1. The lowest BCUT2D eigenvalue weighted by Gasteiger charge is -2.35. The van der Waals surface area contributed by atoms with Crippen molar-refractivity contribution in [3.63, 3.8) is 0 Å². The average molecular weight is 415 g/mol. The fourth-order valence-corrected chi connectivity index (χ4v) is 2.68. The van der Waals surface area contributed by atoms with Gasteiger partial charge in [-0.05, 0) is 24.6 Å². The lowest BCUT2D eigenvalue weighted by molar-refractivity contribution is -0.157. The number of carboxylic acid groups (broad SMARTS) is 1. The first kappa shape index (κ1) is 15.1. The maximum atomic E-state index is 12.5. The van der Waals surface area contributed by atoms with Crippen molar-refractivity contribution in [2.24, 2.45) is 0 Å². The van der Waals surface area contributed by atoms with Crippen LogP contribution in [0.25, 0.3) is 0 Å². The zero-order chi connectivity index (χ0) is 25.9. The molecule has 2 aromatic carbocycles. The van der Waals surface area contributed by atoms with Gasteiger partial charge in [-0.1, -0.05) is 48.5 Å². The molecular weight excluding hydrogens is 388 g/mol. The van der Waals surface area contributed by atoms with Crippen LogP contribution in [-0.2, 0) is 10.4 Å². The number of carbonyl (C=O) groups is 1. The van der Waals surface area contributed by atoms with Crippen LogP contribution in [0.15, 0.2) is 66.6 Å².